The lowest BCUT2D eigenvalue weighted by Crippen LogP contribution is -2.52. The number of hydrogen-bond donors (Lipinski definition) is 1. The Morgan fingerprint density at radius 3 is 3.00 bits per heavy atom. The summed E-state index contributed by atoms with van der Waals surface area (Å²) in [6.45, 7) is 6.67. The molecule has 1 saturated heterocycles. The molecule has 0 aliphatic carbocycles. The van der Waals surface area contributed by atoms with Crippen LogP contribution in [0.1, 0.15) is 22.8 Å². The Kier molecular flexibility index (Phi) is 3.25. The summed E-state index contributed by atoms with van der Waals surface area (Å²) in [5.41, 5.74) is 1.93. The van der Waals surface area contributed by atoms with Crippen molar-refractivity contribution in [1.29, 1.82) is 0 Å². The van der Waals surface area contributed by atoms with Crippen molar-refractivity contribution >= 4 is 5.91 Å². The Hall–Kier alpha value is -1.35. The molecule has 0 spiro atoms. The summed E-state index contributed by atoms with van der Waals surface area (Å²) in [5.74, 6) is 0.151. The SMILES string of the molecule is Cc1cccc(C(=O)N2CCNCC2C)c1. The third-order valence-corrected chi connectivity index (χ3v) is 3.03. The van der Waals surface area contributed by atoms with Crippen molar-refractivity contribution in [2.24, 2.45) is 0 Å². The second kappa shape index (κ2) is 4.66. The number of aryl methyl sites for hydroxylation is 1. The van der Waals surface area contributed by atoms with E-state index in [9.17, 15) is 4.79 Å². The van der Waals surface area contributed by atoms with E-state index >= 15 is 0 Å². The van der Waals surface area contributed by atoms with Gasteiger partial charge in [-0.15, -0.1) is 0 Å². The minimum absolute atomic E-state index is 0.151. The Balaban J connectivity index is 2.17. The molecule has 1 aromatic carbocycles. The summed E-state index contributed by atoms with van der Waals surface area (Å²) >= 11 is 0. The monoisotopic (exact) mass is 218 g/mol. The maximum Gasteiger partial charge on any atom is 0.254 e. The molecule has 1 amide bonds. The maximum atomic E-state index is 12.3. The van der Waals surface area contributed by atoms with Crippen molar-refractivity contribution in [2.75, 3.05) is 19.6 Å². The second-order valence-corrected chi connectivity index (χ2v) is 4.42. The smallest absolute Gasteiger partial charge is 0.254 e. The second-order valence-electron chi connectivity index (χ2n) is 4.42. The number of piperazine rings is 1. The highest BCUT2D eigenvalue weighted by atomic mass is 16.2. The molecule has 1 aliphatic rings. The number of nitrogens with one attached hydrogen (secondary N) is 1. The van der Waals surface area contributed by atoms with Crippen LogP contribution in [0.25, 0.3) is 0 Å². The molecule has 1 atom stereocenters. The average Bonchev–Trinajstić information content (AvgIpc) is 2.29. The van der Waals surface area contributed by atoms with E-state index in [1.54, 1.807) is 0 Å². The molecule has 1 fully saturated rings. The maximum absolute atomic E-state index is 12.3. The zero-order valence-electron chi connectivity index (χ0n) is 9.86. The molecule has 1 N–H and O–H groups in total. The third-order valence-electron chi connectivity index (χ3n) is 3.03. The van der Waals surface area contributed by atoms with Crippen LogP contribution >= 0.6 is 0 Å². The van der Waals surface area contributed by atoms with Crippen LogP contribution in [0.3, 0.4) is 0 Å². The fourth-order valence-electron chi connectivity index (χ4n) is 2.09. The zero-order valence-corrected chi connectivity index (χ0v) is 9.86. The molecule has 2 rings (SSSR count). The van der Waals surface area contributed by atoms with Crippen molar-refractivity contribution in [3.8, 4) is 0 Å². The topological polar surface area (TPSA) is 32.3 Å². The molecule has 16 heavy (non-hydrogen) atoms. The fraction of sp³-hybridized carbons (Fsp3) is 0.462. The van der Waals surface area contributed by atoms with Crippen molar-refractivity contribution in [3.05, 3.63) is 35.4 Å². The molecule has 1 unspecified atom stereocenters. The molecule has 86 valence electrons. The Bertz CT molecular complexity index is 389. The van der Waals surface area contributed by atoms with Gasteiger partial charge in [0.2, 0.25) is 0 Å². The number of nitrogens with zero attached hydrogens (tertiary/aromatic N) is 1. The summed E-state index contributed by atoms with van der Waals surface area (Å²) < 4.78 is 0. The number of hydrogen-bond acceptors (Lipinski definition) is 2. The number of rotatable bonds is 1. The van der Waals surface area contributed by atoms with Crippen LogP contribution < -0.4 is 5.32 Å². The van der Waals surface area contributed by atoms with E-state index in [1.807, 2.05) is 36.1 Å². The molecule has 0 radical (unpaired) electrons. The van der Waals surface area contributed by atoms with E-state index < -0.39 is 0 Å². The first-order chi connectivity index (χ1) is 7.68. The van der Waals surface area contributed by atoms with Gasteiger partial charge in [-0.05, 0) is 26.0 Å². The first-order valence-corrected chi connectivity index (χ1v) is 5.77. The van der Waals surface area contributed by atoms with Crippen LogP contribution in [0.2, 0.25) is 0 Å². The van der Waals surface area contributed by atoms with E-state index in [1.165, 1.54) is 0 Å². The molecule has 1 aliphatic heterocycles. The summed E-state index contributed by atoms with van der Waals surface area (Å²) in [7, 11) is 0. The first kappa shape index (κ1) is 11.1. The van der Waals surface area contributed by atoms with Crippen molar-refractivity contribution < 1.29 is 4.79 Å². The van der Waals surface area contributed by atoms with Gasteiger partial charge >= 0.3 is 0 Å². The quantitative estimate of drug-likeness (QED) is 0.773. The average molecular weight is 218 g/mol. The molecule has 0 aromatic heterocycles. The summed E-state index contributed by atoms with van der Waals surface area (Å²) in [6.07, 6.45) is 0. The lowest BCUT2D eigenvalue weighted by Gasteiger charge is -2.34. The van der Waals surface area contributed by atoms with Gasteiger partial charge in [-0.2, -0.15) is 0 Å². The minimum atomic E-state index is 0.151. The van der Waals surface area contributed by atoms with Gasteiger partial charge in [0.1, 0.15) is 0 Å². The number of carbonyl (C=O) groups is 1. The van der Waals surface area contributed by atoms with Gasteiger partial charge in [0, 0.05) is 31.2 Å². The highest BCUT2D eigenvalue weighted by Gasteiger charge is 2.23. The van der Waals surface area contributed by atoms with E-state index in [-0.39, 0.29) is 11.9 Å². The van der Waals surface area contributed by atoms with Crippen molar-refractivity contribution in [2.45, 2.75) is 19.9 Å². The van der Waals surface area contributed by atoms with Gasteiger partial charge in [-0.1, -0.05) is 17.7 Å². The van der Waals surface area contributed by atoms with Crippen LogP contribution in [-0.2, 0) is 0 Å². The molecular formula is C13H18N2O. The molecule has 0 bridgehead atoms. The van der Waals surface area contributed by atoms with Crippen LogP contribution in [0.4, 0.5) is 0 Å². The molecular weight excluding hydrogens is 200 g/mol. The van der Waals surface area contributed by atoms with E-state index in [0.717, 1.165) is 30.8 Å². The lowest BCUT2D eigenvalue weighted by molar-refractivity contribution is 0.0655. The Morgan fingerprint density at radius 2 is 2.31 bits per heavy atom. The van der Waals surface area contributed by atoms with Crippen LogP contribution in [0.5, 0.6) is 0 Å². The van der Waals surface area contributed by atoms with Gasteiger partial charge in [0.25, 0.3) is 5.91 Å². The largest absolute Gasteiger partial charge is 0.333 e. The summed E-state index contributed by atoms with van der Waals surface area (Å²) in [5, 5.41) is 3.29. The Morgan fingerprint density at radius 1 is 1.50 bits per heavy atom. The summed E-state index contributed by atoms with van der Waals surface area (Å²) in [6, 6.07) is 8.08. The number of amides is 1. The molecule has 0 saturated carbocycles. The fourth-order valence-corrected chi connectivity index (χ4v) is 2.09. The minimum Gasteiger partial charge on any atom is -0.333 e. The van der Waals surface area contributed by atoms with Crippen LogP contribution in [-0.4, -0.2) is 36.5 Å². The highest BCUT2D eigenvalue weighted by molar-refractivity contribution is 5.94. The first-order valence-electron chi connectivity index (χ1n) is 5.77. The molecule has 1 heterocycles. The van der Waals surface area contributed by atoms with Gasteiger partial charge < -0.3 is 10.2 Å². The van der Waals surface area contributed by atoms with Crippen molar-refractivity contribution in [3.63, 3.8) is 0 Å². The lowest BCUT2D eigenvalue weighted by atomic mass is 10.1. The zero-order chi connectivity index (χ0) is 11.5. The number of carbonyl (C=O) groups excluding carboxylic acids is 1. The van der Waals surface area contributed by atoms with Crippen molar-refractivity contribution in [1.82, 2.24) is 10.2 Å². The third kappa shape index (κ3) is 2.25. The van der Waals surface area contributed by atoms with Crippen LogP contribution in [0, 0.1) is 6.92 Å². The van der Waals surface area contributed by atoms with Gasteiger partial charge in [0.05, 0.1) is 0 Å². The van der Waals surface area contributed by atoms with Gasteiger partial charge in [-0.3, -0.25) is 4.79 Å². The predicted molar refractivity (Wildman–Crippen MR) is 64.5 cm³/mol. The van der Waals surface area contributed by atoms with E-state index in [2.05, 4.69) is 12.2 Å². The summed E-state index contributed by atoms with van der Waals surface area (Å²) in [4.78, 5) is 14.2. The Labute approximate surface area is 96.5 Å². The molecule has 1 aromatic rings. The normalized spacial score (nSPS) is 20.9. The highest BCUT2D eigenvalue weighted by Crippen LogP contribution is 2.11. The standard InChI is InChI=1S/C13H18N2O/c1-10-4-3-5-12(8-10)13(16)15-7-6-14-9-11(15)2/h3-5,8,11,14H,6-7,9H2,1-2H3. The van der Waals surface area contributed by atoms with Gasteiger partial charge in [-0.25, -0.2) is 0 Å². The molecule has 3 nitrogen and oxygen atoms in total. The van der Waals surface area contributed by atoms with E-state index in [0.29, 0.717) is 0 Å². The molecule has 3 heteroatoms. The van der Waals surface area contributed by atoms with Crippen LogP contribution in [0.15, 0.2) is 24.3 Å². The van der Waals surface area contributed by atoms with E-state index in [4.69, 9.17) is 0 Å². The van der Waals surface area contributed by atoms with Gasteiger partial charge in [0.15, 0.2) is 0 Å². The number of benzene rings is 1. The predicted octanol–water partition coefficient (Wildman–Crippen LogP) is 1.43.